The Labute approximate surface area is 333 Å². The molecule has 4 heterocycles. The summed E-state index contributed by atoms with van der Waals surface area (Å²) in [7, 11) is 1.61. The molecule has 0 saturated carbocycles. The molecular weight excluding hydrogens is 725 g/mol. The fourth-order valence-corrected chi connectivity index (χ4v) is 7.41. The molecule has 1 atom stereocenters. The van der Waals surface area contributed by atoms with E-state index in [1.54, 1.807) is 19.2 Å². The highest BCUT2D eigenvalue weighted by Crippen LogP contribution is 2.32. The Kier molecular flexibility index (Phi) is 14.7. The minimum absolute atomic E-state index is 0.0245. The monoisotopic (exact) mass is 780 g/mol. The van der Waals surface area contributed by atoms with Crippen LogP contribution in [-0.2, 0) is 40.2 Å². The van der Waals surface area contributed by atoms with Gasteiger partial charge in [-0.2, -0.15) is 5.10 Å². The number of aromatic nitrogens is 4. The van der Waals surface area contributed by atoms with Crippen molar-refractivity contribution in [3.05, 3.63) is 98.9 Å². The molecule has 0 radical (unpaired) electrons. The van der Waals surface area contributed by atoms with E-state index in [-0.39, 0.29) is 24.0 Å². The average Bonchev–Trinajstić information content (AvgIpc) is 3.65. The van der Waals surface area contributed by atoms with Crippen LogP contribution in [0.15, 0.2) is 70.9 Å². The second kappa shape index (κ2) is 20.2. The van der Waals surface area contributed by atoms with Crippen molar-refractivity contribution in [1.29, 1.82) is 0 Å². The molecule has 6 rings (SSSR count). The molecule has 3 aromatic heterocycles. The van der Waals surface area contributed by atoms with Crippen molar-refractivity contribution in [3.8, 4) is 5.75 Å². The molecule has 0 bridgehead atoms. The summed E-state index contributed by atoms with van der Waals surface area (Å²) in [6.45, 7) is 8.06. The van der Waals surface area contributed by atoms with Gasteiger partial charge in [-0.15, -0.1) is 0 Å². The van der Waals surface area contributed by atoms with Crippen LogP contribution < -0.4 is 26.8 Å². The Morgan fingerprint density at radius 3 is 2.61 bits per heavy atom. The fourth-order valence-electron chi connectivity index (χ4n) is 7.41. The first-order valence-electron chi connectivity index (χ1n) is 20.1. The summed E-state index contributed by atoms with van der Waals surface area (Å²) >= 11 is 0. The second-order valence-electron chi connectivity index (χ2n) is 14.4. The van der Waals surface area contributed by atoms with E-state index in [2.05, 4.69) is 57.3 Å². The van der Waals surface area contributed by atoms with Crippen LogP contribution in [0.4, 0.5) is 11.4 Å². The van der Waals surface area contributed by atoms with Gasteiger partial charge in [0, 0.05) is 74.4 Å². The number of nitrogens with zero attached hydrogens (tertiary/aromatic N) is 3. The minimum Gasteiger partial charge on any atom is -0.506 e. The SMILES string of the molecule is CCc1nc2c(cnn2CC)c(NC2CCOCC2)c1CN/C(C=O)=C(/COC)Nc1ccc(CCCCCNC[C@H](O)c2ccc(O)c3[nH]c(=O)ccc23)cc1. The number of allylic oxidation sites excluding steroid dienone is 1. The van der Waals surface area contributed by atoms with E-state index in [1.165, 1.54) is 17.7 Å². The molecule has 0 unspecified atom stereocenters. The first-order chi connectivity index (χ1) is 27.8. The molecule has 5 aromatic rings. The number of aliphatic hydroxyl groups is 1. The van der Waals surface area contributed by atoms with Crippen molar-refractivity contribution >= 4 is 39.6 Å². The second-order valence-corrected chi connectivity index (χ2v) is 14.4. The van der Waals surface area contributed by atoms with E-state index in [9.17, 15) is 19.8 Å². The van der Waals surface area contributed by atoms with Gasteiger partial charge in [0.05, 0.1) is 46.9 Å². The van der Waals surface area contributed by atoms with Crippen LogP contribution in [0.5, 0.6) is 5.75 Å². The maximum atomic E-state index is 12.6. The molecule has 1 saturated heterocycles. The molecule has 14 nitrogen and oxygen atoms in total. The molecule has 0 spiro atoms. The number of hydrogen-bond donors (Lipinski definition) is 7. The van der Waals surface area contributed by atoms with Gasteiger partial charge in [-0.3, -0.25) is 9.59 Å². The number of ether oxygens (including phenoxy) is 2. The average molecular weight is 781 g/mol. The zero-order valence-corrected chi connectivity index (χ0v) is 33.2. The Morgan fingerprint density at radius 1 is 1.07 bits per heavy atom. The quantitative estimate of drug-likeness (QED) is 0.0284. The van der Waals surface area contributed by atoms with E-state index in [1.807, 2.05) is 23.0 Å². The highest BCUT2D eigenvalue weighted by atomic mass is 16.5. The van der Waals surface area contributed by atoms with Gasteiger partial charge in [0.2, 0.25) is 5.56 Å². The number of phenolic OH excluding ortho intramolecular Hbond substituents is 1. The number of phenols is 1. The number of aromatic amines is 1. The van der Waals surface area contributed by atoms with Crippen molar-refractivity contribution < 1.29 is 24.5 Å². The number of benzene rings is 2. The van der Waals surface area contributed by atoms with Gasteiger partial charge in [0.25, 0.3) is 0 Å². The van der Waals surface area contributed by atoms with Crippen LogP contribution in [0.2, 0.25) is 0 Å². The fraction of sp³-hybridized carbons (Fsp3) is 0.442. The van der Waals surface area contributed by atoms with Gasteiger partial charge in [0.15, 0.2) is 11.9 Å². The maximum Gasteiger partial charge on any atom is 0.248 e. The van der Waals surface area contributed by atoms with Crippen LogP contribution in [0.1, 0.15) is 74.4 Å². The lowest BCUT2D eigenvalue weighted by Gasteiger charge is -2.27. The highest BCUT2D eigenvalue weighted by Gasteiger charge is 2.22. The van der Waals surface area contributed by atoms with Gasteiger partial charge in [-0.1, -0.05) is 31.5 Å². The van der Waals surface area contributed by atoms with Gasteiger partial charge < -0.3 is 45.9 Å². The third-order valence-corrected chi connectivity index (χ3v) is 10.5. The summed E-state index contributed by atoms with van der Waals surface area (Å²) in [6, 6.07) is 14.7. The third kappa shape index (κ3) is 10.4. The van der Waals surface area contributed by atoms with E-state index in [0.29, 0.717) is 40.9 Å². The van der Waals surface area contributed by atoms with Gasteiger partial charge in [-0.25, -0.2) is 9.67 Å². The molecule has 14 heteroatoms. The molecule has 1 fully saturated rings. The number of aromatic hydroxyl groups is 1. The van der Waals surface area contributed by atoms with Crippen molar-refractivity contribution in [2.75, 3.05) is 50.7 Å². The number of anilines is 2. The van der Waals surface area contributed by atoms with Gasteiger partial charge in [0.1, 0.15) is 5.75 Å². The molecular formula is C43H56N8O6. The number of H-pyrrole nitrogens is 1. The Bertz CT molecular complexity index is 2190. The normalized spacial score (nSPS) is 14.5. The molecule has 0 amide bonds. The molecule has 7 N–H and O–H groups in total. The molecule has 1 aliphatic heterocycles. The van der Waals surface area contributed by atoms with E-state index >= 15 is 0 Å². The number of aryl methyl sites for hydroxylation is 3. The largest absolute Gasteiger partial charge is 0.506 e. The molecule has 1 aliphatic rings. The number of aldehydes is 1. The van der Waals surface area contributed by atoms with Crippen LogP contribution in [0, 0.1) is 0 Å². The summed E-state index contributed by atoms with van der Waals surface area (Å²) < 4.78 is 13.1. The summed E-state index contributed by atoms with van der Waals surface area (Å²) in [6.07, 6.45) is 8.44. The van der Waals surface area contributed by atoms with Gasteiger partial charge >= 0.3 is 0 Å². The molecule has 57 heavy (non-hydrogen) atoms. The number of hydrogen-bond acceptors (Lipinski definition) is 12. The van der Waals surface area contributed by atoms with Crippen molar-refractivity contribution in [2.45, 2.75) is 84.0 Å². The molecule has 0 aliphatic carbocycles. The Hall–Kier alpha value is -5.28. The maximum absolute atomic E-state index is 12.6. The Morgan fingerprint density at radius 2 is 1.88 bits per heavy atom. The number of carbonyl (C=O) groups excluding carboxylic acids is 1. The summed E-state index contributed by atoms with van der Waals surface area (Å²) in [4.78, 5) is 31.9. The molecule has 304 valence electrons. The topological polar surface area (TPSA) is 188 Å². The minimum atomic E-state index is -0.778. The van der Waals surface area contributed by atoms with E-state index in [4.69, 9.17) is 14.5 Å². The number of fused-ring (bicyclic) bond motifs is 2. The third-order valence-electron chi connectivity index (χ3n) is 10.5. The van der Waals surface area contributed by atoms with Crippen LogP contribution in [-0.4, -0.2) is 82.3 Å². The molecule has 2 aromatic carbocycles. The highest BCUT2D eigenvalue weighted by molar-refractivity contribution is 5.92. The summed E-state index contributed by atoms with van der Waals surface area (Å²) in [5, 5.41) is 41.1. The number of unbranched alkanes of at least 4 members (excludes halogenated alkanes) is 2. The lowest BCUT2D eigenvalue weighted by molar-refractivity contribution is -0.105. The summed E-state index contributed by atoms with van der Waals surface area (Å²) in [5.41, 5.74) is 7.64. The van der Waals surface area contributed by atoms with Crippen molar-refractivity contribution in [1.82, 2.24) is 30.4 Å². The van der Waals surface area contributed by atoms with Crippen molar-refractivity contribution in [3.63, 3.8) is 0 Å². The zero-order chi connectivity index (χ0) is 40.1. The number of nitrogens with one attached hydrogen (secondary N) is 5. The smallest absolute Gasteiger partial charge is 0.248 e. The Balaban J connectivity index is 1.02. The predicted molar refractivity (Wildman–Crippen MR) is 224 cm³/mol. The number of carbonyl (C=O) groups is 1. The number of aliphatic hydroxyl groups excluding tert-OH is 1. The van der Waals surface area contributed by atoms with Crippen LogP contribution in [0.25, 0.3) is 21.9 Å². The summed E-state index contributed by atoms with van der Waals surface area (Å²) in [5.74, 6) is -0.0245. The van der Waals surface area contributed by atoms with Crippen LogP contribution in [0.3, 0.4) is 0 Å². The van der Waals surface area contributed by atoms with Crippen molar-refractivity contribution in [2.24, 2.45) is 0 Å². The number of rotatable bonds is 21. The zero-order valence-electron chi connectivity index (χ0n) is 33.2. The van der Waals surface area contributed by atoms with E-state index in [0.717, 1.165) is 111 Å². The first kappa shape index (κ1) is 41.4. The first-order valence-corrected chi connectivity index (χ1v) is 20.1. The van der Waals surface area contributed by atoms with E-state index < -0.39 is 6.10 Å². The van der Waals surface area contributed by atoms with Gasteiger partial charge in [-0.05, 0) is 87.4 Å². The van der Waals surface area contributed by atoms with Crippen LogP contribution >= 0.6 is 0 Å². The standard InChI is InChI=1S/C43H56N8O6/c1-4-35-33(41(48-30-18-21-57-22-19-30)34-24-46-51(5-2)43(34)49-35)23-45-36(26-52)37(27-56-3)47-29-12-10-28(11-13-29)9-7-6-8-20-44-25-39(54)31-14-16-38(53)42-32(31)15-17-40(55)50-42/h10-17,24,26,30,39,44-45,47,53-54H,4-9,18-23,25,27H2,1-3H3,(H,48,49)(H,50,55)/b37-36-/t39-/m0/s1. The predicted octanol–water partition coefficient (Wildman–Crippen LogP) is 5.45. The lowest BCUT2D eigenvalue weighted by Crippen LogP contribution is -2.29. The number of methoxy groups -OCH3 is 1. The number of pyridine rings is 2. The lowest BCUT2D eigenvalue weighted by atomic mass is 10.0.